The fraction of sp³-hybridized carbons (Fsp3) is 0.400. The van der Waals surface area contributed by atoms with Gasteiger partial charge in [0, 0.05) is 37.9 Å². The van der Waals surface area contributed by atoms with E-state index in [0.717, 1.165) is 44.3 Å². The zero-order chi connectivity index (χ0) is 14.8. The third kappa shape index (κ3) is 2.80. The van der Waals surface area contributed by atoms with E-state index < -0.39 is 0 Å². The molecule has 1 aliphatic heterocycles. The Bertz CT molecular complexity index is 644. The molecule has 3 aromatic heterocycles. The van der Waals surface area contributed by atoms with Crippen molar-refractivity contribution in [3.05, 3.63) is 55.0 Å². The number of nitrogens with zero attached hydrogens (tertiary/aromatic N) is 6. The Labute approximate surface area is 128 Å². The molecule has 0 aromatic carbocycles. The molecule has 4 rings (SSSR count). The molecule has 1 atom stereocenters. The summed E-state index contributed by atoms with van der Waals surface area (Å²) in [5.74, 6) is 2.54. The van der Waals surface area contributed by atoms with Crippen molar-refractivity contribution in [3.8, 4) is 0 Å². The van der Waals surface area contributed by atoms with Gasteiger partial charge in [-0.15, -0.1) is 0 Å². The van der Waals surface area contributed by atoms with Gasteiger partial charge in [0.25, 0.3) is 0 Å². The first-order valence-corrected chi connectivity index (χ1v) is 7.44. The minimum absolute atomic E-state index is 0.451. The number of furan rings is 1. The average molecular weight is 298 g/mol. The van der Waals surface area contributed by atoms with Crippen LogP contribution in [0.15, 0.2) is 47.9 Å². The van der Waals surface area contributed by atoms with E-state index in [2.05, 4.69) is 30.7 Å². The van der Waals surface area contributed by atoms with Crippen LogP contribution in [0.1, 0.15) is 11.6 Å². The van der Waals surface area contributed by atoms with Gasteiger partial charge >= 0.3 is 0 Å². The van der Waals surface area contributed by atoms with E-state index in [1.165, 1.54) is 0 Å². The number of aromatic nitrogens is 5. The lowest BCUT2D eigenvalue weighted by molar-refractivity contribution is 0.192. The molecule has 0 fully saturated rings. The Hall–Kier alpha value is -2.41. The van der Waals surface area contributed by atoms with Crippen LogP contribution in [-0.2, 0) is 26.2 Å². The minimum Gasteiger partial charge on any atom is -0.468 e. The number of hydrogen-bond donors (Lipinski definition) is 0. The Morgan fingerprint density at radius 2 is 2.32 bits per heavy atom. The molecule has 0 amide bonds. The fourth-order valence-electron chi connectivity index (χ4n) is 3.07. The molecule has 3 aromatic rings. The zero-order valence-corrected chi connectivity index (χ0v) is 12.2. The molecule has 0 radical (unpaired) electrons. The van der Waals surface area contributed by atoms with Gasteiger partial charge in [-0.2, -0.15) is 5.10 Å². The maximum Gasteiger partial charge on any atom is 0.137 e. The molecular formula is C15H18N6O. The summed E-state index contributed by atoms with van der Waals surface area (Å²) in [5, 5.41) is 4.23. The van der Waals surface area contributed by atoms with Gasteiger partial charge in [0.05, 0.1) is 19.4 Å². The predicted octanol–water partition coefficient (Wildman–Crippen LogP) is 1.40. The second kappa shape index (κ2) is 5.76. The molecule has 0 unspecified atom stereocenters. The van der Waals surface area contributed by atoms with Crippen molar-refractivity contribution in [1.82, 2.24) is 29.2 Å². The van der Waals surface area contributed by atoms with Gasteiger partial charge in [0.15, 0.2) is 0 Å². The summed E-state index contributed by atoms with van der Waals surface area (Å²) in [7, 11) is 0. The molecule has 0 saturated heterocycles. The van der Waals surface area contributed by atoms with E-state index in [0.29, 0.717) is 5.92 Å². The standard InChI is InChI=1S/C15H18N6O/c1-2-14(22-5-1)9-19-6-13(8-21-12-16-11-18-21)7-20-4-3-17-15(20)10-19/h1-5,11-13H,6-10H2/t13-/m0/s1. The van der Waals surface area contributed by atoms with Crippen LogP contribution in [0.5, 0.6) is 0 Å². The molecule has 0 N–H and O–H groups in total. The van der Waals surface area contributed by atoms with Crippen LogP contribution >= 0.6 is 0 Å². The first-order chi connectivity index (χ1) is 10.9. The van der Waals surface area contributed by atoms with E-state index in [4.69, 9.17) is 4.42 Å². The second-order valence-electron chi connectivity index (χ2n) is 5.73. The van der Waals surface area contributed by atoms with E-state index in [-0.39, 0.29) is 0 Å². The van der Waals surface area contributed by atoms with Crippen molar-refractivity contribution < 1.29 is 4.42 Å². The quantitative estimate of drug-likeness (QED) is 0.728. The second-order valence-corrected chi connectivity index (χ2v) is 5.73. The first kappa shape index (κ1) is 13.3. The van der Waals surface area contributed by atoms with Crippen LogP contribution in [0.25, 0.3) is 0 Å². The molecule has 114 valence electrons. The molecule has 22 heavy (non-hydrogen) atoms. The highest BCUT2D eigenvalue weighted by atomic mass is 16.3. The van der Waals surface area contributed by atoms with Crippen molar-refractivity contribution >= 4 is 0 Å². The molecule has 1 aliphatic rings. The summed E-state index contributed by atoms with van der Waals surface area (Å²) in [6.07, 6.45) is 9.01. The monoisotopic (exact) mass is 298 g/mol. The van der Waals surface area contributed by atoms with Crippen molar-refractivity contribution in [2.45, 2.75) is 26.2 Å². The maximum absolute atomic E-state index is 5.49. The summed E-state index contributed by atoms with van der Waals surface area (Å²) in [5.41, 5.74) is 0. The molecule has 0 bridgehead atoms. The van der Waals surface area contributed by atoms with Crippen LogP contribution in [0.4, 0.5) is 0 Å². The Kier molecular flexibility index (Phi) is 3.48. The highest BCUT2D eigenvalue weighted by molar-refractivity contribution is 5.00. The number of hydrogen-bond acceptors (Lipinski definition) is 5. The normalized spacial score (nSPS) is 19.0. The van der Waals surface area contributed by atoms with Gasteiger partial charge in [-0.3, -0.25) is 9.58 Å². The topological polar surface area (TPSA) is 64.9 Å². The van der Waals surface area contributed by atoms with E-state index in [1.807, 2.05) is 23.0 Å². The zero-order valence-electron chi connectivity index (χ0n) is 12.2. The van der Waals surface area contributed by atoms with Crippen LogP contribution in [0, 0.1) is 5.92 Å². The number of imidazole rings is 1. The Morgan fingerprint density at radius 1 is 1.32 bits per heavy atom. The van der Waals surface area contributed by atoms with Crippen molar-refractivity contribution in [2.75, 3.05) is 6.54 Å². The molecule has 4 heterocycles. The minimum atomic E-state index is 0.451. The maximum atomic E-state index is 5.49. The molecule has 0 saturated carbocycles. The highest BCUT2D eigenvalue weighted by Gasteiger charge is 2.23. The van der Waals surface area contributed by atoms with Crippen LogP contribution < -0.4 is 0 Å². The molecule has 7 nitrogen and oxygen atoms in total. The van der Waals surface area contributed by atoms with Crippen LogP contribution in [0.2, 0.25) is 0 Å². The molecule has 0 aliphatic carbocycles. The van der Waals surface area contributed by atoms with Gasteiger partial charge in [-0.1, -0.05) is 0 Å². The third-order valence-electron chi connectivity index (χ3n) is 4.01. The molecule has 0 spiro atoms. The van der Waals surface area contributed by atoms with Crippen LogP contribution in [-0.4, -0.2) is 35.8 Å². The lowest BCUT2D eigenvalue weighted by Gasteiger charge is -2.22. The predicted molar refractivity (Wildman–Crippen MR) is 78.6 cm³/mol. The van der Waals surface area contributed by atoms with E-state index in [1.54, 1.807) is 18.9 Å². The molecule has 7 heteroatoms. The summed E-state index contributed by atoms with van der Waals surface area (Å²) in [4.78, 5) is 10.9. The van der Waals surface area contributed by atoms with Crippen LogP contribution in [0.3, 0.4) is 0 Å². The largest absolute Gasteiger partial charge is 0.468 e. The van der Waals surface area contributed by atoms with Crippen molar-refractivity contribution in [1.29, 1.82) is 0 Å². The van der Waals surface area contributed by atoms with E-state index in [9.17, 15) is 0 Å². The SMILES string of the molecule is c1coc(CN2Cc3nccn3C[C@@H](Cn3cncn3)C2)c1. The highest BCUT2D eigenvalue weighted by Crippen LogP contribution is 2.19. The summed E-state index contributed by atoms with van der Waals surface area (Å²) < 4.78 is 9.63. The average Bonchev–Trinajstić information content (AvgIpc) is 3.22. The van der Waals surface area contributed by atoms with Gasteiger partial charge in [0.1, 0.15) is 24.2 Å². The summed E-state index contributed by atoms with van der Waals surface area (Å²) in [6.45, 7) is 4.41. The molecular weight excluding hydrogens is 280 g/mol. The van der Waals surface area contributed by atoms with Gasteiger partial charge in [0.2, 0.25) is 0 Å². The van der Waals surface area contributed by atoms with Gasteiger partial charge in [-0.25, -0.2) is 9.97 Å². The Morgan fingerprint density at radius 3 is 3.14 bits per heavy atom. The Balaban J connectivity index is 1.54. The fourth-order valence-corrected chi connectivity index (χ4v) is 3.07. The number of rotatable bonds is 4. The van der Waals surface area contributed by atoms with Crippen molar-refractivity contribution in [3.63, 3.8) is 0 Å². The lowest BCUT2D eigenvalue weighted by Crippen LogP contribution is -2.30. The summed E-state index contributed by atoms with van der Waals surface area (Å²) in [6, 6.07) is 3.95. The first-order valence-electron chi connectivity index (χ1n) is 7.44. The smallest absolute Gasteiger partial charge is 0.137 e. The van der Waals surface area contributed by atoms with Crippen molar-refractivity contribution in [2.24, 2.45) is 5.92 Å². The lowest BCUT2D eigenvalue weighted by atomic mass is 10.1. The van der Waals surface area contributed by atoms with E-state index >= 15 is 0 Å². The van der Waals surface area contributed by atoms with Gasteiger partial charge < -0.3 is 8.98 Å². The summed E-state index contributed by atoms with van der Waals surface area (Å²) >= 11 is 0. The number of fused-ring (bicyclic) bond motifs is 1. The van der Waals surface area contributed by atoms with Gasteiger partial charge in [-0.05, 0) is 12.1 Å². The third-order valence-corrected chi connectivity index (χ3v) is 4.01.